The minimum absolute atomic E-state index is 0.0401. The molecule has 1 amide bonds. The van der Waals surface area contributed by atoms with Gasteiger partial charge in [-0.15, -0.1) is 0 Å². The fraction of sp³-hybridized carbons (Fsp3) is 0.222. The molecule has 1 aliphatic rings. The number of benzene rings is 2. The van der Waals surface area contributed by atoms with Crippen LogP contribution in [0.4, 0.5) is 0 Å². The number of ketones is 1. The lowest BCUT2D eigenvalue weighted by Gasteiger charge is -2.35. The van der Waals surface area contributed by atoms with Gasteiger partial charge in [0, 0.05) is 5.56 Å². The predicted molar refractivity (Wildman–Crippen MR) is 83.2 cm³/mol. The molecule has 3 rings (SSSR count). The summed E-state index contributed by atoms with van der Waals surface area (Å²) >= 11 is 0. The summed E-state index contributed by atoms with van der Waals surface area (Å²) in [5.74, 6) is 0.449. The van der Waals surface area contributed by atoms with Crippen LogP contribution in [0, 0.1) is 0 Å². The minimum Gasteiger partial charge on any atom is -0.484 e. The molecule has 1 heterocycles. The smallest absolute Gasteiger partial charge is 0.251 e. The van der Waals surface area contributed by atoms with Crippen molar-refractivity contribution >= 4 is 11.7 Å². The SMILES string of the molecule is CC1(CNC(=O)c2ccccc2)CC(=O)c2ccccc2O1. The number of fused-ring (bicyclic) bond motifs is 1. The summed E-state index contributed by atoms with van der Waals surface area (Å²) in [5, 5.41) is 2.84. The lowest BCUT2D eigenvalue weighted by Crippen LogP contribution is -2.48. The summed E-state index contributed by atoms with van der Waals surface area (Å²) in [5.41, 5.74) is 0.471. The maximum Gasteiger partial charge on any atom is 0.251 e. The Hall–Kier alpha value is -2.62. The Labute approximate surface area is 129 Å². The molecule has 112 valence electrons. The number of Topliss-reactive ketones (excluding diaryl/α,β-unsaturated/α-hetero) is 1. The van der Waals surface area contributed by atoms with Crippen molar-refractivity contribution in [1.82, 2.24) is 5.32 Å². The van der Waals surface area contributed by atoms with E-state index in [0.29, 0.717) is 16.9 Å². The normalized spacial score (nSPS) is 20.0. The molecule has 4 heteroatoms. The van der Waals surface area contributed by atoms with Crippen LogP contribution in [-0.2, 0) is 0 Å². The maximum atomic E-state index is 12.2. The molecular weight excluding hydrogens is 278 g/mol. The van der Waals surface area contributed by atoms with Gasteiger partial charge in [0.05, 0.1) is 18.5 Å². The highest BCUT2D eigenvalue weighted by Crippen LogP contribution is 2.32. The lowest BCUT2D eigenvalue weighted by molar-refractivity contribution is 0.0497. The van der Waals surface area contributed by atoms with Crippen LogP contribution in [0.5, 0.6) is 5.75 Å². The number of nitrogens with one attached hydrogen (secondary N) is 1. The van der Waals surface area contributed by atoms with Gasteiger partial charge in [0.2, 0.25) is 0 Å². The molecule has 0 aromatic heterocycles. The van der Waals surface area contributed by atoms with Crippen LogP contribution in [0.2, 0.25) is 0 Å². The maximum absolute atomic E-state index is 12.2. The Morgan fingerprint density at radius 3 is 2.59 bits per heavy atom. The third-order valence-corrected chi connectivity index (χ3v) is 3.74. The molecule has 1 N–H and O–H groups in total. The monoisotopic (exact) mass is 295 g/mol. The predicted octanol–water partition coefficient (Wildman–Crippen LogP) is 2.84. The third-order valence-electron chi connectivity index (χ3n) is 3.74. The second-order valence-electron chi connectivity index (χ2n) is 5.70. The van der Waals surface area contributed by atoms with Gasteiger partial charge in [-0.05, 0) is 31.2 Å². The van der Waals surface area contributed by atoms with Crippen LogP contribution in [-0.4, -0.2) is 23.8 Å². The summed E-state index contributed by atoms with van der Waals surface area (Å²) in [7, 11) is 0. The molecule has 0 fully saturated rings. The molecule has 1 atom stereocenters. The molecular formula is C18H17NO3. The number of ether oxygens (including phenoxy) is 1. The number of para-hydroxylation sites is 1. The molecule has 4 nitrogen and oxygen atoms in total. The summed E-state index contributed by atoms with van der Waals surface area (Å²) in [6, 6.07) is 16.2. The molecule has 0 aliphatic carbocycles. The molecule has 0 saturated carbocycles. The van der Waals surface area contributed by atoms with Crippen molar-refractivity contribution in [3.63, 3.8) is 0 Å². The zero-order valence-corrected chi connectivity index (χ0v) is 12.3. The van der Waals surface area contributed by atoms with Gasteiger partial charge in [-0.25, -0.2) is 0 Å². The van der Waals surface area contributed by atoms with E-state index in [4.69, 9.17) is 4.74 Å². The zero-order valence-electron chi connectivity index (χ0n) is 12.3. The molecule has 0 spiro atoms. The van der Waals surface area contributed by atoms with E-state index in [1.165, 1.54) is 0 Å². The number of rotatable bonds is 3. The fourth-order valence-electron chi connectivity index (χ4n) is 2.58. The third kappa shape index (κ3) is 2.86. The Morgan fingerprint density at radius 2 is 1.82 bits per heavy atom. The van der Waals surface area contributed by atoms with Crippen molar-refractivity contribution in [2.45, 2.75) is 18.9 Å². The van der Waals surface area contributed by atoms with Gasteiger partial charge < -0.3 is 10.1 Å². The molecule has 2 aromatic carbocycles. The van der Waals surface area contributed by atoms with Gasteiger partial charge in [-0.3, -0.25) is 9.59 Å². The van der Waals surface area contributed by atoms with Crippen molar-refractivity contribution in [3.05, 3.63) is 65.7 Å². The van der Waals surface area contributed by atoms with E-state index in [9.17, 15) is 9.59 Å². The first kappa shape index (κ1) is 14.3. The average molecular weight is 295 g/mol. The van der Waals surface area contributed by atoms with E-state index in [1.54, 1.807) is 24.3 Å². The van der Waals surface area contributed by atoms with E-state index < -0.39 is 5.60 Å². The van der Waals surface area contributed by atoms with Gasteiger partial charge in [0.1, 0.15) is 11.4 Å². The quantitative estimate of drug-likeness (QED) is 0.947. The molecule has 0 radical (unpaired) electrons. The number of carbonyl (C=O) groups is 2. The number of hydrogen-bond acceptors (Lipinski definition) is 3. The van der Waals surface area contributed by atoms with Gasteiger partial charge in [-0.2, -0.15) is 0 Å². The first-order valence-corrected chi connectivity index (χ1v) is 7.22. The highest BCUT2D eigenvalue weighted by Gasteiger charge is 2.36. The second-order valence-corrected chi connectivity index (χ2v) is 5.70. The first-order chi connectivity index (χ1) is 10.6. The number of hydrogen-bond donors (Lipinski definition) is 1. The lowest BCUT2D eigenvalue weighted by atomic mass is 9.91. The number of carbonyl (C=O) groups excluding carboxylic acids is 2. The summed E-state index contributed by atoms with van der Waals surface area (Å²) in [6.07, 6.45) is 0.249. The molecule has 1 unspecified atom stereocenters. The molecule has 1 aliphatic heterocycles. The van der Waals surface area contributed by atoms with Gasteiger partial charge in [-0.1, -0.05) is 30.3 Å². The Bertz CT molecular complexity index is 711. The number of amides is 1. The van der Waals surface area contributed by atoms with Crippen molar-refractivity contribution < 1.29 is 14.3 Å². The Balaban J connectivity index is 1.71. The van der Waals surface area contributed by atoms with E-state index in [1.807, 2.05) is 37.3 Å². The summed E-state index contributed by atoms with van der Waals surface area (Å²) in [4.78, 5) is 24.3. The second kappa shape index (κ2) is 5.64. The van der Waals surface area contributed by atoms with Gasteiger partial charge >= 0.3 is 0 Å². The van der Waals surface area contributed by atoms with Crippen molar-refractivity contribution in [1.29, 1.82) is 0 Å². The standard InChI is InChI=1S/C18H17NO3/c1-18(12-19-17(21)13-7-3-2-4-8-13)11-15(20)14-9-5-6-10-16(14)22-18/h2-10H,11-12H2,1H3,(H,19,21). The van der Waals surface area contributed by atoms with Crippen LogP contribution in [0.3, 0.4) is 0 Å². The minimum atomic E-state index is -0.726. The van der Waals surface area contributed by atoms with Gasteiger partial charge in [0.15, 0.2) is 5.78 Å². The van der Waals surface area contributed by atoms with E-state index in [2.05, 4.69) is 5.32 Å². The van der Waals surface area contributed by atoms with Crippen molar-refractivity contribution in [2.24, 2.45) is 0 Å². The topological polar surface area (TPSA) is 55.4 Å². The Morgan fingerprint density at radius 1 is 1.14 bits per heavy atom. The van der Waals surface area contributed by atoms with Crippen LogP contribution in [0.15, 0.2) is 54.6 Å². The largest absolute Gasteiger partial charge is 0.484 e. The molecule has 0 bridgehead atoms. The van der Waals surface area contributed by atoms with Crippen LogP contribution in [0.1, 0.15) is 34.1 Å². The molecule has 2 aromatic rings. The fourth-order valence-corrected chi connectivity index (χ4v) is 2.58. The average Bonchev–Trinajstić information content (AvgIpc) is 2.53. The Kier molecular flexibility index (Phi) is 3.67. The van der Waals surface area contributed by atoms with Crippen molar-refractivity contribution in [3.8, 4) is 5.75 Å². The summed E-state index contributed by atoms with van der Waals surface area (Å²) < 4.78 is 5.94. The zero-order chi connectivity index (χ0) is 15.6. The highest BCUT2D eigenvalue weighted by molar-refractivity contribution is 6.00. The molecule has 22 heavy (non-hydrogen) atoms. The summed E-state index contributed by atoms with van der Waals surface area (Å²) in [6.45, 7) is 2.12. The van der Waals surface area contributed by atoms with Gasteiger partial charge in [0.25, 0.3) is 5.91 Å². The molecule has 0 saturated heterocycles. The van der Waals surface area contributed by atoms with Crippen molar-refractivity contribution in [2.75, 3.05) is 6.54 Å². The first-order valence-electron chi connectivity index (χ1n) is 7.22. The van der Waals surface area contributed by atoms with E-state index in [0.717, 1.165) is 0 Å². The van der Waals surface area contributed by atoms with E-state index in [-0.39, 0.29) is 24.7 Å². The van der Waals surface area contributed by atoms with Crippen LogP contribution >= 0.6 is 0 Å². The van der Waals surface area contributed by atoms with E-state index >= 15 is 0 Å². The van der Waals surface area contributed by atoms with Crippen LogP contribution in [0.25, 0.3) is 0 Å². The highest BCUT2D eigenvalue weighted by atomic mass is 16.5. The van der Waals surface area contributed by atoms with Crippen LogP contribution < -0.4 is 10.1 Å².